The fourth-order valence-electron chi connectivity index (χ4n) is 4.57. The average molecular weight is 370 g/mol. The van der Waals surface area contributed by atoms with E-state index in [4.69, 9.17) is 0 Å². The summed E-state index contributed by atoms with van der Waals surface area (Å²) in [7, 11) is 2.20. The molecule has 1 amide bonds. The van der Waals surface area contributed by atoms with Gasteiger partial charge < -0.3 is 10.2 Å². The van der Waals surface area contributed by atoms with Gasteiger partial charge in [-0.15, -0.1) is 11.3 Å². The molecular formula is C21H27N3OS. The molecule has 3 heterocycles. The van der Waals surface area contributed by atoms with Crippen molar-refractivity contribution in [3.8, 4) is 0 Å². The lowest BCUT2D eigenvalue weighted by Gasteiger charge is -2.51. The Labute approximate surface area is 159 Å². The van der Waals surface area contributed by atoms with E-state index in [1.54, 1.807) is 0 Å². The molecule has 1 N–H and O–H groups in total. The van der Waals surface area contributed by atoms with Gasteiger partial charge in [0, 0.05) is 55.1 Å². The maximum Gasteiger partial charge on any atom is 0.251 e. The number of nitrogens with zero attached hydrogens (tertiary/aromatic N) is 2. The summed E-state index contributed by atoms with van der Waals surface area (Å²) in [6.45, 7) is 8.52. The quantitative estimate of drug-likeness (QED) is 0.880. The third-order valence-electron chi connectivity index (χ3n) is 5.94. The van der Waals surface area contributed by atoms with Crippen molar-refractivity contribution < 1.29 is 4.79 Å². The lowest BCUT2D eigenvalue weighted by molar-refractivity contribution is -0.0255. The normalized spacial score (nSPS) is 22.5. The molecule has 1 unspecified atom stereocenters. The number of nitrogens with one attached hydrogen (secondary N) is 1. The van der Waals surface area contributed by atoms with E-state index in [1.807, 2.05) is 41.7 Å². The molecule has 2 aromatic rings. The number of amides is 1. The van der Waals surface area contributed by atoms with E-state index in [-0.39, 0.29) is 5.91 Å². The smallest absolute Gasteiger partial charge is 0.251 e. The van der Waals surface area contributed by atoms with Gasteiger partial charge in [-0.05, 0) is 49.0 Å². The Morgan fingerprint density at radius 1 is 1.23 bits per heavy atom. The molecule has 2 fully saturated rings. The highest BCUT2D eigenvalue weighted by Crippen LogP contribution is 2.44. The van der Waals surface area contributed by atoms with Crippen molar-refractivity contribution in [2.75, 3.05) is 39.8 Å². The number of likely N-dealkylation sites (tertiary alicyclic amines) is 2. The van der Waals surface area contributed by atoms with Gasteiger partial charge in [-0.1, -0.05) is 18.2 Å². The van der Waals surface area contributed by atoms with E-state index in [9.17, 15) is 4.79 Å². The van der Waals surface area contributed by atoms with Gasteiger partial charge in [0.15, 0.2) is 0 Å². The van der Waals surface area contributed by atoms with E-state index < -0.39 is 0 Å². The van der Waals surface area contributed by atoms with Gasteiger partial charge in [0.2, 0.25) is 0 Å². The molecular weight excluding hydrogens is 342 g/mol. The zero-order valence-corrected chi connectivity index (χ0v) is 16.4. The molecule has 4 nitrogen and oxygen atoms in total. The van der Waals surface area contributed by atoms with Crippen LogP contribution >= 0.6 is 11.3 Å². The summed E-state index contributed by atoms with van der Waals surface area (Å²) in [4.78, 5) is 18.8. The molecule has 2 aliphatic rings. The zero-order valence-electron chi connectivity index (χ0n) is 15.6. The van der Waals surface area contributed by atoms with Crippen LogP contribution < -0.4 is 5.32 Å². The summed E-state index contributed by atoms with van der Waals surface area (Å²) in [6.07, 6.45) is 0. The summed E-state index contributed by atoms with van der Waals surface area (Å²) < 4.78 is 0. The lowest BCUT2D eigenvalue weighted by Crippen LogP contribution is -2.61. The second-order valence-electron chi connectivity index (χ2n) is 8.00. The topological polar surface area (TPSA) is 35.6 Å². The Morgan fingerprint density at radius 2 is 2.00 bits per heavy atom. The van der Waals surface area contributed by atoms with Gasteiger partial charge in [0.05, 0.1) is 0 Å². The molecule has 26 heavy (non-hydrogen) atoms. The van der Waals surface area contributed by atoms with Crippen LogP contribution in [0.3, 0.4) is 0 Å². The first-order valence-electron chi connectivity index (χ1n) is 9.33. The van der Waals surface area contributed by atoms with E-state index in [1.165, 1.54) is 10.4 Å². The van der Waals surface area contributed by atoms with Gasteiger partial charge in [0.25, 0.3) is 5.91 Å². The molecule has 2 aliphatic heterocycles. The van der Waals surface area contributed by atoms with Crippen molar-refractivity contribution in [2.45, 2.75) is 13.5 Å². The Hall–Kier alpha value is -1.69. The van der Waals surface area contributed by atoms with Gasteiger partial charge in [0.1, 0.15) is 0 Å². The first-order chi connectivity index (χ1) is 12.6. The average Bonchev–Trinajstić information content (AvgIpc) is 3.16. The second kappa shape index (κ2) is 7.14. The molecule has 0 saturated carbocycles. The first-order valence-corrected chi connectivity index (χ1v) is 10.2. The van der Waals surface area contributed by atoms with Crippen LogP contribution in [0.1, 0.15) is 20.8 Å². The minimum Gasteiger partial charge on any atom is -0.352 e. The van der Waals surface area contributed by atoms with Crippen molar-refractivity contribution in [3.05, 3.63) is 57.8 Å². The molecule has 1 atom stereocenters. The van der Waals surface area contributed by atoms with Crippen LogP contribution in [0.5, 0.6) is 0 Å². The van der Waals surface area contributed by atoms with Crippen LogP contribution in [0, 0.1) is 18.3 Å². The number of rotatable bonds is 5. The van der Waals surface area contributed by atoms with Gasteiger partial charge in [-0.3, -0.25) is 9.69 Å². The number of thiophene rings is 1. The van der Waals surface area contributed by atoms with Crippen molar-refractivity contribution in [1.29, 1.82) is 0 Å². The van der Waals surface area contributed by atoms with Crippen LogP contribution in [0.4, 0.5) is 0 Å². The summed E-state index contributed by atoms with van der Waals surface area (Å²) in [5.74, 6) is 0.571. The van der Waals surface area contributed by atoms with Gasteiger partial charge in [-0.25, -0.2) is 0 Å². The fourth-order valence-corrected chi connectivity index (χ4v) is 5.52. The monoisotopic (exact) mass is 369 g/mol. The van der Waals surface area contributed by atoms with E-state index in [0.717, 1.165) is 44.8 Å². The van der Waals surface area contributed by atoms with Crippen molar-refractivity contribution in [1.82, 2.24) is 15.1 Å². The van der Waals surface area contributed by atoms with E-state index in [0.29, 0.717) is 11.3 Å². The highest BCUT2D eigenvalue weighted by Gasteiger charge is 2.52. The van der Waals surface area contributed by atoms with Crippen molar-refractivity contribution in [2.24, 2.45) is 11.3 Å². The largest absolute Gasteiger partial charge is 0.352 e. The SMILES string of the molecule is Cc1ccsc1CN1CC2(CN(C)CC2CNC(=O)c2ccccc2)C1. The maximum atomic E-state index is 12.4. The number of benzene rings is 1. The van der Waals surface area contributed by atoms with Crippen LogP contribution in [0.15, 0.2) is 41.8 Å². The van der Waals surface area contributed by atoms with Crippen LogP contribution in [0.25, 0.3) is 0 Å². The van der Waals surface area contributed by atoms with Crippen molar-refractivity contribution in [3.63, 3.8) is 0 Å². The second-order valence-corrected chi connectivity index (χ2v) is 9.00. The number of carbonyl (C=O) groups excluding carboxylic acids is 1. The van der Waals surface area contributed by atoms with E-state index in [2.05, 4.69) is 40.5 Å². The first kappa shape index (κ1) is 17.7. The molecule has 138 valence electrons. The highest BCUT2D eigenvalue weighted by atomic mass is 32.1. The molecule has 0 radical (unpaired) electrons. The molecule has 1 aromatic heterocycles. The summed E-state index contributed by atoms with van der Waals surface area (Å²) >= 11 is 1.86. The number of aryl methyl sites for hydroxylation is 1. The Morgan fingerprint density at radius 3 is 2.69 bits per heavy atom. The predicted molar refractivity (Wildman–Crippen MR) is 107 cm³/mol. The summed E-state index contributed by atoms with van der Waals surface area (Å²) in [5.41, 5.74) is 2.49. The lowest BCUT2D eigenvalue weighted by atomic mass is 9.71. The zero-order chi connectivity index (χ0) is 18.1. The summed E-state index contributed by atoms with van der Waals surface area (Å²) in [6, 6.07) is 11.7. The Kier molecular flexibility index (Phi) is 4.86. The molecule has 4 rings (SSSR count). The number of carbonyl (C=O) groups is 1. The third kappa shape index (κ3) is 3.43. The van der Waals surface area contributed by atoms with Gasteiger partial charge in [-0.2, -0.15) is 0 Å². The maximum absolute atomic E-state index is 12.4. The number of hydrogen-bond donors (Lipinski definition) is 1. The number of hydrogen-bond acceptors (Lipinski definition) is 4. The predicted octanol–water partition coefficient (Wildman–Crippen LogP) is 2.85. The van der Waals surface area contributed by atoms with Crippen LogP contribution in [0.2, 0.25) is 0 Å². The molecule has 1 aromatic carbocycles. The van der Waals surface area contributed by atoms with Crippen LogP contribution in [-0.2, 0) is 6.54 Å². The highest BCUT2D eigenvalue weighted by molar-refractivity contribution is 7.10. The van der Waals surface area contributed by atoms with Crippen LogP contribution in [-0.4, -0.2) is 55.5 Å². The molecule has 1 spiro atoms. The standard InChI is InChI=1S/C21H27N3OS/c1-16-8-9-26-19(16)12-24-14-21(15-24)13-23(2)11-18(21)10-22-20(25)17-6-4-3-5-7-17/h3-9,18H,10-15H2,1-2H3,(H,22,25). The minimum absolute atomic E-state index is 0.0423. The Bertz CT molecular complexity index is 767. The van der Waals surface area contributed by atoms with Gasteiger partial charge >= 0.3 is 0 Å². The molecule has 0 bridgehead atoms. The Balaban J connectivity index is 1.34. The van der Waals surface area contributed by atoms with Crippen molar-refractivity contribution >= 4 is 17.2 Å². The molecule has 2 saturated heterocycles. The third-order valence-corrected chi connectivity index (χ3v) is 6.95. The van der Waals surface area contributed by atoms with E-state index >= 15 is 0 Å². The molecule has 5 heteroatoms. The molecule has 0 aliphatic carbocycles. The minimum atomic E-state index is 0.0423. The fraction of sp³-hybridized carbons (Fsp3) is 0.476. The summed E-state index contributed by atoms with van der Waals surface area (Å²) in [5, 5.41) is 5.36.